The summed E-state index contributed by atoms with van der Waals surface area (Å²) in [7, 11) is 0. The number of benzene rings is 2. The number of aromatic nitrogens is 1. The van der Waals surface area contributed by atoms with Crippen molar-refractivity contribution in [2.75, 3.05) is 18.0 Å². The number of thioether (sulfide) groups is 1. The van der Waals surface area contributed by atoms with Crippen LogP contribution in [-0.2, 0) is 22.7 Å². The maximum Gasteiger partial charge on any atom is 0.266 e. The number of thiocarbonyl (C=S) groups is 1. The number of piperidine rings is 1. The van der Waals surface area contributed by atoms with Crippen molar-refractivity contribution >= 4 is 62.8 Å². The summed E-state index contributed by atoms with van der Waals surface area (Å²) in [6.45, 7) is 6.04. The Balaban J connectivity index is 1.58. The van der Waals surface area contributed by atoms with Crippen molar-refractivity contribution in [2.24, 2.45) is 11.7 Å². The van der Waals surface area contributed by atoms with Crippen LogP contribution in [0.3, 0.4) is 0 Å². The number of aryl methyl sites for hydroxylation is 2. The summed E-state index contributed by atoms with van der Waals surface area (Å²) in [5.74, 6) is -0.655. The van der Waals surface area contributed by atoms with Crippen LogP contribution >= 0.6 is 24.0 Å². The number of primary amides is 1. The zero-order valence-corrected chi connectivity index (χ0v) is 23.1. The van der Waals surface area contributed by atoms with E-state index in [0.717, 1.165) is 27.7 Å². The van der Waals surface area contributed by atoms with Gasteiger partial charge in [-0.25, -0.2) is 0 Å². The number of amides is 2. The van der Waals surface area contributed by atoms with Crippen LogP contribution in [0.1, 0.15) is 36.5 Å². The molecule has 2 aliphatic heterocycles. The van der Waals surface area contributed by atoms with Crippen LogP contribution in [0.15, 0.2) is 58.2 Å². The molecule has 0 radical (unpaired) electrons. The number of anilines is 1. The van der Waals surface area contributed by atoms with E-state index in [4.69, 9.17) is 18.0 Å². The van der Waals surface area contributed by atoms with E-state index in [1.165, 1.54) is 11.8 Å². The SMILES string of the molecule is CCn1c(=O)c(C=C2SC(=S)N(Cc3ccc(C)cc3)C2=O)c(N2CCC(C(N)=O)CC2)c2ccccc21. The molecule has 3 heterocycles. The van der Waals surface area contributed by atoms with Gasteiger partial charge in [0.25, 0.3) is 11.5 Å². The largest absolute Gasteiger partial charge is 0.370 e. The average molecular weight is 547 g/mol. The summed E-state index contributed by atoms with van der Waals surface area (Å²) < 4.78 is 2.22. The van der Waals surface area contributed by atoms with Gasteiger partial charge in [-0.2, -0.15) is 0 Å². The van der Waals surface area contributed by atoms with Gasteiger partial charge < -0.3 is 15.2 Å². The molecule has 5 rings (SSSR count). The molecule has 2 N–H and O–H groups in total. The van der Waals surface area contributed by atoms with E-state index >= 15 is 0 Å². The highest BCUT2D eigenvalue weighted by Crippen LogP contribution is 2.37. The zero-order chi connectivity index (χ0) is 27.0. The summed E-state index contributed by atoms with van der Waals surface area (Å²) in [6, 6.07) is 15.9. The van der Waals surface area contributed by atoms with Crippen LogP contribution in [0.4, 0.5) is 5.69 Å². The molecule has 0 spiro atoms. The minimum absolute atomic E-state index is 0.151. The first-order chi connectivity index (χ1) is 18.3. The first-order valence-corrected chi connectivity index (χ1v) is 14.0. The van der Waals surface area contributed by atoms with Gasteiger partial charge in [0.1, 0.15) is 4.32 Å². The fourth-order valence-corrected chi connectivity index (χ4v) is 6.46. The second-order valence-electron chi connectivity index (χ2n) is 9.75. The zero-order valence-electron chi connectivity index (χ0n) is 21.5. The minimum atomic E-state index is -0.284. The lowest BCUT2D eigenvalue weighted by Gasteiger charge is -2.34. The predicted octanol–water partition coefficient (Wildman–Crippen LogP) is 4.43. The standard InChI is InChI=1S/C29H30N4O3S2/c1-3-32-23-7-5-4-6-21(23)25(31-14-12-20(13-15-31)26(30)34)22(27(32)35)16-24-28(36)33(29(37)38-24)17-19-10-8-18(2)9-11-19/h4-11,16,20H,3,12-15,17H2,1-2H3,(H2,30,34). The fraction of sp³-hybridized carbons (Fsp3) is 0.310. The van der Waals surface area contributed by atoms with Crippen LogP contribution in [0.5, 0.6) is 0 Å². The second-order valence-corrected chi connectivity index (χ2v) is 11.4. The maximum absolute atomic E-state index is 13.9. The molecule has 7 nitrogen and oxygen atoms in total. The molecular weight excluding hydrogens is 516 g/mol. The minimum Gasteiger partial charge on any atom is -0.370 e. The molecule has 38 heavy (non-hydrogen) atoms. The molecule has 0 atom stereocenters. The average Bonchev–Trinajstić information content (AvgIpc) is 3.18. The first kappa shape index (κ1) is 26.2. The number of hydrogen-bond acceptors (Lipinski definition) is 6. The third-order valence-corrected chi connectivity index (χ3v) is 8.70. The second kappa shape index (κ2) is 10.7. The number of para-hydroxylation sites is 1. The highest BCUT2D eigenvalue weighted by Gasteiger charge is 2.34. The third-order valence-electron chi connectivity index (χ3n) is 7.32. The Labute approximate surface area is 231 Å². The molecule has 0 unspecified atom stereocenters. The number of carbonyl (C=O) groups is 2. The smallest absolute Gasteiger partial charge is 0.266 e. The van der Waals surface area contributed by atoms with E-state index in [1.54, 1.807) is 15.5 Å². The van der Waals surface area contributed by atoms with E-state index in [0.29, 0.717) is 53.8 Å². The predicted molar refractivity (Wildman–Crippen MR) is 158 cm³/mol. The Morgan fingerprint density at radius 1 is 1.11 bits per heavy atom. The van der Waals surface area contributed by atoms with E-state index in [1.807, 2.05) is 62.4 Å². The molecule has 3 aromatic rings. The summed E-state index contributed by atoms with van der Waals surface area (Å²) in [6.07, 6.45) is 2.96. The molecule has 0 bridgehead atoms. The Morgan fingerprint density at radius 3 is 2.45 bits per heavy atom. The molecule has 2 amide bonds. The van der Waals surface area contributed by atoms with Gasteiger partial charge in [-0.15, -0.1) is 0 Å². The lowest BCUT2D eigenvalue weighted by molar-refractivity contribution is -0.123. The highest BCUT2D eigenvalue weighted by atomic mass is 32.2. The van der Waals surface area contributed by atoms with E-state index < -0.39 is 0 Å². The van der Waals surface area contributed by atoms with Crippen molar-refractivity contribution in [2.45, 2.75) is 39.8 Å². The topological polar surface area (TPSA) is 88.6 Å². The van der Waals surface area contributed by atoms with Gasteiger partial charge in [-0.05, 0) is 44.4 Å². The molecular formula is C29H30N4O3S2. The number of nitrogens with zero attached hydrogens (tertiary/aromatic N) is 3. The molecule has 9 heteroatoms. The third kappa shape index (κ3) is 4.88. The van der Waals surface area contributed by atoms with Crippen molar-refractivity contribution in [3.63, 3.8) is 0 Å². The van der Waals surface area contributed by atoms with Crippen LogP contribution in [0, 0.1) is 12.8 Å². The summed E-state index contributed by atoms with van der Waals surface area (Å²) in [5.41, 5.74) is 9.67. The molecule has 1 aromatic heterocycles. The van der Waals surface area contributed by atoms with Gasteiger partial charge in [-0.1, -0.05) is 72.0 Å². The van der Waals surface area contributed by atoms with Gasteiger partial charge >= 0.3 is 0 Å². The first-order valence-electron chi connectivity index (χ1n) is 12.8. The molecule has 2 fully saturated rings. The summed E-state index contributed by atoms with van der Waals surface area (Å²) in [5, 5.41) is 0.938. The normalized spacial score (nSPS) is 17.7. The number of pyridine rings is 1. The number of nitrogens with two attached hydrogens (primary N) is 1. The molecule has 2 saturated heterocycles. The summed E-state index contributed by atoms with van der Waals surface area (Å²) in [4.78, 5) is 43.3. The van der Waals surface area contributed by atoms with Crippen molar-refractivity contribution < 1.29 is 9.59 Å². The van der Waals surface area contributed by atoms with Crippen molar-refractivity contribution in [1.29, 1.82) is 0 Å². The lowest BCUT2D eigenvalue weighted by Crippen LogP contribution is -2.40. The lowest BCUT2D eigenvalue weighted by atomic mass is 9.94. The van der Waals surface area contributed by atoms with Crippen molar-refractivity contribution in [1.82, 2.24) is 9.47 Å². The Morgan fingerprint density at radius 2 is 1.79 bits per heavy atom. The van der Waals surface area contributed by atoms with Crippen LogP contribution in [0.2, 0.25) is 0 Å². The molecule has 0 saturated carbocycles. The maximum atomic E-state index is 13.9. The molecule has 0 aliphatic carbocycles. The number of hydrogen-bond donors (Lipinski definition) is 1. The van der Waals surface area contributed by atoms with Crippen molar-refractivity contribution in [3.8, 4) is 0 Å². The van der Waals surface area contributed by atoms with E-state index in [2.05, 4.69) is 4.90 Å². The summed E-state index contributed by atoms with van der Waals surface area (Å²) >= 11 is 6.81. The monoisotopic (exact) mass is 546 g/mol. The molecule has 196 valence electrons. The van der Waals surface area contributed by atoms with Gasteiger partial charge in [0.05, 0.1) is 28.2 Å². The van der Waals surface area contributed by atoms with Gasteiger partial charge in [0.15, 0.2) is 0 Å². The van der Waals surface area contributed by atoms with E-state index in [-0.39, 0.29) is 23.3 Å². The molecule has 2 aromatic carbocycles. The van der Waals surface area contributed by atoms with Gasteiger partial charge in [0, 0.05) is 30.9 Å². The van der Waals surface area contributed by atoms with Gasteiger partial charge in [0.2, 0.25) is 5.91 Å². The molecule has 2 aliphatic rings. The highest BCUT2D eigenvalue weighted by molar-refractivity contribution is 8.26. The Bertz CT molecular complexity index is 1520. The Hall–Kier alpha value is -3.43. The number of rotatable bonds is 6. The number of carbonyl (C=O) groups excluding carboxylic acids is 2. The van der Waals surface area contributed by atoms with Gasteiger partial charge in [-0.3, -0.25) is 19.3 Å². The number of fused-ring (bicyclic) bond motifs is 1. The van der Waals surface area contributed by atoms with Crippen LogP contribution < -0.4 is 16.2 Å². The van der Waals surface area contributed by atoms with Crippen LogP contribution in [-0.4, -0.2) is 38.7 Å². The fourth-order valence-electron chi connectivity index (χ4n) is 5.23. The Kier molecular flexibility index (Phi) is 7.40. The van der Waals surface area contributed by atoms with Crippen LogP contribution in [0.25, 0.3) is 17.0 Å². The van der Waals surface area contributed by atoms with E-state index in [9.17, 15) is 14.4 Å². The van der Waals surface area contributed by atoms with Crippen molar-refractivity contribution in [3.05, 3.63) is 80.5 Å². The quantitative estimate of drug-likeness (QED) is 0.364.